The maximum Gasteiger partial charge on any atom is 0.349 e. The molecule has 0 aliphatic carbocycles. The van der Waals surface area contributed by atoms with E-state index in [0.29, 0.717) is 16.6 Å². The lowest BCUT2D eigenvalue weighted by atomic mass is 10.1. The maximum atomic E-state index is 11.3. The van der Waals surface area contributed by atoms with Crippen LogP contribution >= 0.6 is 11.3 Å². The Bertz CT molecular complexity index is 601. The number of carbonyl (C=O) groups excluding carboxylic acids is 1. The fourth-order valence-electron chi connectivity index (χ4n) is 2.12. The molecule has 6 heteroatoms. The Morgan fingerprint density at radius 2 is 2.40 bits per heavy atom. The van der Waals surface area contributed by atoms with Crippen LogP contribution in [0.25, 0.3) is 0 Å². The Labute approximate surface area is 120 Å². The zero-order valence-electron chi connectivity index (χ0n) is 11.0. The number of hydrogen-bond acceptors (Lipinski definition) is 6. The second-order valence-electron chi connectivity index (χ2n) is 4.45. The van der Waals surface area contributed by atoms with Crippen LogP contribution in [0, 0.1) is 0 Å². The summed E-state index contributed by atoms with van der Waals surface area (Å²) in [7, 11) is 1.36. The molecule has 1 atom stereocenters. The van der Waals surface area contributed by atoms with E-state index >= 15 is 0 Å². The summed E-state index contributed by atoms with van der Waals surface area (Å²) in [5.74, 6) is 0.591. The Morgan fingerprint density at radius 1 is 1.55 bits per heavy atom. The number of fused-ring (bicyclic) bond motifs is 1. The van der Waals surface area contributed by atoms with Crippen molar-refractivity contribution in [2.75, 3.05) is 19.0 Å². The molecule has 2 heterocycles. The number of para-hydroxylation sites is 1. The molecule has 0 bridgehead atoms. The average Bonchev–Trinajstić information content (AvgIpc) is 3.10. The zero-order chi connectivity index (χ0) is 13.9. The van der Waals surface area contributed by atoms with Gasteiger partial charge in [0.25, 0.3) is 0 Å². The molecule has 2 aromatic rings. The highest BCUT2D eigenvalue weighted by atomic mass is 32.1. The molecule has 104 valence electrons. The van der Waals surface area contributed by atoms with Crippen LogP contribution in [-0.2, 0) is 11.2 Å². The highest BCUT2D eigenvalue weighted by molar-refractivity contribution is 7.17. The van der Waals surface area contributed by atoms with Gasteiger partial charge in [-0.15, -0.1) is 0 Å². The largest absolute Gasteiger partial charge is 0.488 e. The molecule has 1 aliphatic heterocycles. The van der Waals surface area contributed by atoms with Crippen LogP contribution < -0.4 is 10.1 Å². The normalized spacial score (nSPS) is 16.4. The maximum absolute atomic E-state index is 11.3. The summed E-state index contributed by atoms with van der Waals surface area (Å²) in [6.07, 6.45) is 2.50. The van der Waals surface area contributed by atoms with Crippen molar-refractivity contribution in [3.05, 3.63) is 40.9 Å². The molecule has 0 saturated carbocycles. The van der Waals surface area contributed by atoms with E-state index in [0.717, 1.165) is 12.2 Å². The monoisotopic (exact) mass is 290 g/mol. The first-order chi connectivity index (χ1) is 9.76. The van der Waals surface area contributed by atoms with E-state index in [1.807, 2.05) is 18.2 Å². The summed E-state index contributed by atoms with van der Waals surface area (Å²) in [6.45, 7) is 0.656. The third-order valence-corrected chi connectivity index (χ3v) is 4.02. The SMILES string of the molecule is COC(=O)c1cnc(NCC2Cc3ccccc3O2)s1. The Balaban J connectivity index is 1.56. The Kier molecular flexibility index (Phi) is 3.56. The average molecular weight is 290 g/mol. The van der Waals surface area contributed by atoms with Gasteiger partial charge in [-0.25, -0.2) is 9.78 Å². The summed E-state index contributed by atoms with van der Waals surface area (Å²) in [5.41, 5.74) is 1.23. The zero-order valence-corrected chi connectivity index (χ0v) is 11.8. The summed E-state index contributed by atoms with van der Waals surface area (Å²) in [5, 5.41) is 3.89. The van der Waals surface area contributed by atoms with Gasteiger partial charge in [0.15, 0.2) is 5.13 Å². The molecule has 0 fully saturated rings. The first-order valence-electron chi connectivity index (χ1n) is 6.29. The highest BCUT2D eigenvalue weighted by Gasteiger charge is 2.22. The first kappa shape index (κ1) is 12.9. The number of ether oxygens (including phenoxy) is 2. The standard InChI is InChI=1S/C14H14N2O3S/c1-18-13(17)12-8-16-14(20-12)15-7-10-6-9-4-2-3-5-11(9)19-10/h2-5,8,10H,6-7H2,1H3,(H,15,16). The number of carbonyl (C=O) groups is 1. The van der Waals surface area contributed by atoms with Crippen molar-refractivity contribution in [3.8, 4) is 5.75 Å². The minimum Gasteiger partial charge on any atom is -0.488 e. The topological polar surface area (TPSA) is 60.5 Å². The highest BCUT2D eigenvalue weighted by Crippen LogP contribution is 2.28. The van der Waals surface area contributed by atoms with Gasteiger partial charge in [0, 0.05) is 6.42 Å². The van der Waals surface area contributed by atoms with Crippen LogP contribution in [0.15, 0.2) is 30.5 Å². The molecular formula is C14H14N2O3S. The van der Waals surface area contributed by atoms with Gasteiger partial charge in [0.1, 0.15) is 16.7 Å². The van der Waals surface area contributed by atoms with E-state index in [2.05, 4.69) is 21.1 Å². The number of thiazole rings is 1. The number of anilines is 1. The minimum absolute atomic E-state index is 0.0953. The van der Waals surface area contributed by atoms with Gasteiger partial charge >= 0.3 is 5.97 Å². The molecule has 0 saturated heterocycles. The molecule has 0 spiro atoms. The number of nitrogens with zero attached hydrogens (tertiary/aromatic N) is 1. The fraction of sp³-hybridized carbons (Fsp3) is 0.286. The predicted molar refractivity (Wildman–Crippen MR) is 76.5 cm³/mol. The summed E-state index contributed by atoms with van der Waals surface area (Å²) < 4.78 is 10.5. The van der Waals surface area contributed by atoms with Gasteiger partial charge in [-0.1, -0.05) is 29.5 Å². The first-order valence-corrected chi connectivity index (χ1v) is 7.10. The predicted octanol–water partition coefficient (Wildman–Crippen LogP) is 2.35. The van der Waals surface area contributed by atoms with E-state index < -0.39 is 0 Å². The van der Waals surface area contributed by atoms with E-state index in [4.69, 9.17) is 4.74 Å². The van der Waals surface area contributed by atoms with Gasteiger partial charge in [-0.3, -0.25) is 0 Å². The van der Waals surface area contributed by atoms with Gasteiger partial charge in [-0.2, -0.15) is 0 Å². The van der Waals surface area contributed by atoms with Gasteiger partial charge in [-0.05, 0) is 11.6 Å². The van der Waals surface area contributed by atoms with Crippen molar-refractivity contribution in [2.24, 2.45) is 0 Å². The molecule has 1 aromatic carbocycles. The summed E-state index contributed by atoms with van der Waals surface area (Å²) >= 11 is 1.28. The fourth-order valence-corrected chi connectivity index (χ4v) is 2.86. The van der Waals surface area contributed by atoms with Crippen molar-refractivity contribution in [1.82, 2.24) is 4.98 Å². The molecule has 0 radical (unpaired) electrons. The summed E-state index contributed by atoms with van der Waals surface area (Å²) in [6, 6.07) is 8.04. The van der Waals surface area contributed by atoms with Crippen LogP contribution in [0.5, 0.6) is 5.75 Å². The number of esters is 1. The number of aromatic nitrogens is 1. The molecule has 1 aromatic heterocycles. The quantitative estimate of drug-likeness (QED) is 0.876. The third-order valence-electron chi connectivity index (χ3n) is 3.09. The van der Waals surface area contributed by atoms with Gasteiger partial charge in [0.05, 0.1) is 19.9 Å². The number of nitrogens with one attached hydrogen (secondary N) is 1. The number of methoxy groups -OCH3 is 1. The van der Waals surface area contributed by atoms with E-state index in [9.17, 15) is 4.79 Å². The van der Waals surface area contributed by atoms with Crippen LogP contribution in [0.4, 0.5) is 5.13 Å². The molecule has 0 amide bonds. The van der Waals surface area contributed by atoms with Crippen LogP contribution in [0.1, 0.15) is 15.2 Å². The smallest absolute Gasteiger partial charge is 0.349 e. The van der Waals surface area contributed by atoms with Gasteiger partial charge < -0.3 is 14.8 Å². The lowest BCUT2D eigenvalue weighted by Gasteiger charge is -2.10. The lowest BCUT2D eigenvalue weighted by Crippen LogP contribution is -2.23. The molecule has 1 unspecified atom stereocenters. The Morgan fingerprint density at radius 3 is 3.20 bits per heavy atom. The second kappa shape index (κ2) is 5.50. The van der Waals surface area contributed by atoms with E-state index in [-0.39, 0.29) is 12.1 Å². The molecule has 5 nitrogen and oxygen atoms in total. The number of hydrogen-bond donors (Lipinski definition) is 1. The van der Waals surface area contributed by atoms with Gasteiger partial charge in [0.2, 0.25) is 0 Å². The minimum atomic E-state index is -0.361. The number of rotatable bonds is 4. The van der Waals surface area contributed by atoms with Crippen molar-refractivity contribution in [1.29, 1.82) is 0 Å². The number of benzene rings is 1. The van der Waals surface area contributed by atoms with E-state index in [1.54, 1.807) is 0 Å². The van der Waals surface area contributed by atoms with Crippen molar-refractivity contribution >= 4 is 22.4 Å². The summed E-state index contributed by atoms with van der Waals surface area (Å²) in [4.78, 5) is 16.0. The van der Waals surface area contributed by atoms with Crippen molar-refractivity contribution < 1.29 is 14.3 Å². The third kappa shape index (κ3) is 2.60. The second-order valence-corrected chi connectivity index (χ2v) is 5.48. The van der Waals surface area contributed by atoms with E-state index in [1.165, 1.54) is 30.2 Å². The van der Waals surface area contributed by atoms with Crippen LogP contribution in [0.2, 0.25) is 0 Å². The van der Waals surface area contributed by atoms with Crippen molar-refractivity contribution in [2.45, 2.75) is 12.5 Å². The molecular weight excluding hydrogens is 276 g/mol. The van der Waals surface area contributed by atoms with Crippen LogP contribution in [-0.4, -0.2) is 30.7 Å². The molecule has 1 N–H and O–H groups in total. The van der Waals surface area contributed by atoms with Crippen LogP contribution in [0.3, 0.4) is 0 Å². The van der Waals surface area contributed by atoms with Crippen molar-refractivity contribution in [3.63, 3.8) is 0 Å². The molecule has 1 aliphatic rings. The molecule has 3 rings (SSSR count). The Hall–Kier alpha value is -2.08. The molecule has 20 heavy (non-hydrogen) atoms. The lowest BCUT2D eigenvalue weighted by molar-refractivity contribution is 0.0606.